The summed E-state index contributed by atoms with van der Waals surface area (Å²) < 4.78 is 0. The van der Waals surface area contributed by atoms with Gasteiger partial charge in [0, 0.05) is 43.4 Å². The molecule has 2 atom stereocenters. The van der Waals surface area contributed by atoms with Crippen molar-refractivity contribution >= 4 is 33.3 Å². The summed E-state index contributed by atoms with van der Waals surface area (Å²) in [5.74, 6) is 3.54. The molecule has 0 saturated carbocycles. The number of hydrogen-bond acceptors (Lipinski definition) is 5. The molecule has 0 unspecified atom stereocenters. The second-order valence-corrected chi connectivity index (χ2v) is 10.3. The van der Waals surface area contributed by atoms with Crippen LogP contribution in [-0.2, 0) is 17.6 Å². The number of aryl methyl sites for hydroxylation is 1. The third-order valence-electron chi connectivity index (χ3n) is 6.88. The first-order valence-electron chi connectivity index (χ1n) is 11.9. The third kappa shape index (κ3) is 4.20. The maximum Gasteiger partial charge on any atom is 0.222 e. The lowest BCUT2D eigenvalue weighted by molar-refractivity contribution is -0.131. The molecule has 0 aromatic carbocycles. The molecule has 6 heteroatoms. The Kier molecular flexibility index (Phi) is 6.61. The highest BCUT2D eigenvalue weighted by Crippen LogP contribution is 2.41. The fourth-order valence-corrected chi connectivity index (χ4v) is 6.01. The minimum Gasteiger partial charge on any atom is -0.352 e. The van der Waals surface area contributed by atoms with Crippen LogP contribution < -0.4 is 4.90 Å². The molecule has 30 heavy (non-hydrogen) atoms. The van der Waals surface area contributed by atoms with Gasteiger partial charge in [0.2, 0.25) is 5.91 Å². The number of carbonyl (C=O) groups is 1. The van der Waals surface area contributed by atoms with Gasteiger partial charge in [-0.05, 0) is 43.6 Å². The molecule has 1 aliphatic heterocycles. The predicted octanol–water partition coefficient (Wildman–Crippen LogP) is 5.17. The van der Waals surface area contributed by atoms with Crippen molar-refractivity contribution in [2.24, 2.45) is 5.92 Å². The monoisotopic (exact) mass is 428 g/mol. The molecule has 2 aromatic rings. The number of anilines is 1. The SMILES string of the molecule is CCCCC(=O)N1CCN(c2nc([C@@H](C)CC)nc3sc4c(c23)CC[C@@H](C)C4)CC1. The summed E-state index contributed by atoms with van der Waals surface area (Å²) in [6.07, 6.45) is 7.37. The molecular formula is C24H36N4OS. The minimum absolute atomic E-state index is 0.312. The van der Waals surface area contributed by atoms with E-state index in [1.54, 1.807) is 0 Å². The van der Waals surface area contributed by atoms with Gasteiger partial charge in [0.25, 0.3) is 0 Å². The Bertz CT molecular complexity index is 900. The molecule has 0 bridgehead atoms. The number of fused-ring (bicyclic) bond motifs is 3. The van der Waals surface area contributed by atoms with Crippen LogP contribution in [0, 0.1) is 5.92 Å². The molecule has 5 nitrogen and oxygen atoms in total. The molecule has 0 N–H and O–H groups in total. The summed E-state index contributed by atoms with van der Waals surface area (Å²) in [6.45, 7) is 12.3. The van der Waals surface area contributed by atoms with Crippen LogP contribution in [0.1, 0.15) is 82.0 Å². The summed E-state index contributed by atoms with van der Waals surface area (Å²) in [5.41, 5.74) is 1.50. The van der Waals surface area contributed by atoms with Crippen LogP contribution >= 0.6 is 11.3 Å². The Hall–Kier alpha value is -1.69. The quantitative estimate of drug-likeness (QED) is 0.637. The predicted molar refractivity (Wildman–Crippen MR) is 126 cm³/mol. The van der Waals surface area contributed by atoms with Gasteiger partial charge in [-0.15, -0.1) is 11.3 Å². The van der Waals surface area contributed by atoms with Crippen molar-refractivity contribution in [2.45, 2.75) is 78.6 Å². The number of piperazine rings is 1. The first-order valence-corrected chi connectivity index (χ1v) is 12.7. The molecule has 3 heterocycles. The number of rotatable bonds is 6. The van der Waals surface area contributed by atoms with Crippen LogP contribution in [0.25, 0.3) is 10.2 Å². The standard InChI is InChI=1S/C24H36N4OS/c1-5-7-8-20(29)27-11-13-28(14-12-27)23-21-18-10-9-16(3)15-19(18)30-24(21)26-22(25-23)17(4)6-2/h16-17H,5-15H2,1-4H3/t16-,17+/m1/s1. The highest BCUT2D eigenvalue weighted by Gasteiger charge is 2.29. The van der Waals surface area contributed by atoms with E-state index in [0.717, 1.165) is 69.4 Å². The van der Waals surface area contributed by atoms with Gasteiger partial charge >= 0.3 is 0 Å². The van der Waals surface area contributed by atoms with Gasteiger partial charge < -0.3 is 9.80 Å². The Morgan fingerprint density at radius 1 is 1.20 bits per heavy atom. The molecular weight excluding hydrogens is 392 g/mol. The lowest BCUT2D eigenvalue weighted by Crippen LogP contribution is -2.49. The molecule has 164 valence electrons. The number of thiophene rings is 1. The first kappa shape index (κ1) is 21.5. The summed E-state index contributed by atoms with van der Waals surface area (Å²) in [7, 11) is 0. The van der Waals surface area contributed by atoms with E-state index in [1.165, 1.54) is 33.5 Å². The van der Waals surface area contributed by atoms with Crippen molar-refractivity contribution in [3.05, 3.63) is 16.3 Å². The van der Waals surface area contributed by atoms with Crippen LogP contribution in [0.3, 0.4) is 0 Å². The fourth-order valence-electron chi connectivity index (χ4n) is 4.62. The van der Waals surface area contributed by atoms with E-state index < -0.39 is 0 Å². The maximum atomic E-state index is 12.5. The minimum atomic E-state index is 0.312. The van der Waals surface area contributed by atoms with E-state index in [4.69, 9.17) is 9.97 Å². The number of amides is 1. The molecule has 1 saturated heterocycles. The van der Waals surface area contributed by atoms with E-state index in [1.807, 2.05) is 16.2 Å². The Morgan fingerprint density at radius 3 is 2.67 bits per heavy atom. The van der Waals surface area contributed by atoms with Gasteiger partial charge in [0.05, 0.1) is 5.39 Å². The van der Waals surface area contributed by atoms with E-state index >= 15 is 0 Å². The van der Waals surface area contributed by atoms with Crippen LogP contribution in [0.15, 0.2) is 0 Å². The summed E-state index contributed by atoms with van der Waals surface area (Å²) in [6, 6.07) is 0. The molecule has 2 aliphatic rings. The van der Waals surface area contributed by atoms with Crippen molar-refractivity contribution in [1.82, 2.24) is 14.9 Å². The van der Waals surface area contributed by atoms with Crippen molar-refractivity contribution in [2.75, 3.05) is 31.1 Å². The smallest absolute Gasteiger partial charge is 0.222 e. The van der Waals surface area contributed by atoms with Gasteiger partial charge in [-0.25, -0.2) is 9.97 Å². The van der Waals surface area contributed by atoms with Crippen LogP contribution in [0.5, 0.6) is 0 Å². The Morgan fingerprint density at radius 2 is 1.97 bits per heavy atom. The lowest BCUT2D eigenvalue weighted by atomic mass is 9.89. The lowest BCUT2D eigenvalue weighted by Gasteiger charge is -2.36. The normalized spacial score (nSPS) is 20.5. The first-order chi connectivity index (χ1) is 14.5. The molecule has 1 fully saturated rings. The van der Waals surface area contributed by atoms with Crippen LogP contribution in [-0.4, -0.2) is 47.0 Å². The number of hydrogen-bond donors (Lipinski definition) is 0. The zero-order valence-electron chi connectivity index (χ0n) is 19.0. The van der Waals surface area contributed by atoms with Gasteiger partial charge in [-0.3, -0.25) is 4.79 Å². The van der Waals surface area contributed by atoms with E-state index in [9.17, 15) is 4.79 Å². The van der Waals surface area contributed by atoms with Crippen LogP contribution in [0.4, 0.5) is 5.82 Å². The third-order valence-corrected chi connectivity index (χ3v) is 8.03. The second kappa shape index (κ2) is 9.21. The summed E-state index contributed by atoms with van der Waals surface area (Å²) in [4.78, 5) is 29.8. The Balaban J connectivity index is 1.65. The number of aromatic nitrogens is 2. The largest absolute Gasteiger partial charge is 0.352 e. The zero-order chi connectivity index (χ0) is 21.3. The molecule has 1 amide bonds. The maximum absolute atomic E-state index is 12.5. The zero-order valence-corrected chi connectivity index (χ0v) is 19.9. The number of nitrogens with zero attached hydrogens (tertiary/aromatic N) is 4. The average molecular weight is 429 g/mol. The molecule has 0 radical (unpaired) electrons. The summed E-state index contributed by atoms with van der Waals surface area (Å²) >= 11 is 1.90. The van der Waals surface area contributed by atoms with E-state index in [-0.39, 0.29) is 0 Å². The van der Waals surface area contributed by atoms with Gasteiger partial charge in [0.1, 0.15) is 16.5 Å². The summed E-state index contributed by atoms with van der Waals surface area (Å²) in [5, 5.41) is 1.31. The molecule has 4 rings (SSSR count). The number of unbranched alkanes of at least 4 members (excludes halogenated alkanes) is 1. The highest BCUT2D eigenvalue weighted by molar-refractivity contribution is 7.19. The molecule has 2 aromatic heterocycles. The van der Waals surface area contributed by atoms with E-state index in [0.29, 0.717) is 18.2 Å². The average Bonchev–Trinajstić information content (AvgIpc) is 3.13. The van der Waals surface area contributed by atoms with Gasteiger partial charge in [-0.1, -0.05) is 34.1 Å². The van der Waals surface area contributed by atoms with Crippen molar-refractivity contribution in [1.29, 1.82) is 0 Å². The number of carbonyl (C=O) groups excluding carboxylic acids is 1. The molecule has 0 spiro atoms. The van der Waals surface area contributed by atoms with Crippen molar-refractivity contribution < 1.29 is 4.79 Å². The van der Waals surface area contributed by atoms with Gasteiger partial charge in [0.15, 0.2) is 0 Å². The topological polar surface area (TPSA) is 49.3 Å². The van der Waals surface area contributed by atoms with Gasteiger partial charge in [-0.2, -0.15) is 0 Å². The Labute approximate surface area is 184 Å². The van der Waals surface area contributed by atoms with Crippen molar-refractivity contribution in [3.63, 3.8) is 0 Å². The van der Waals surface area contributed by atoms with Crippen LogP contribution in [0.2, 0.25) is 0 Å². The second-order valence-electron chi connectivity index (χ2n) is 9.22. The fraction of sp³-hybridized carbons (Fsp3) is 0.708. The highest BCUT2D eigenvalue weighted by atomic mass is 32.1. The van der Waals surface area contributed by atoms with E-state index in [2.05, 4.69) is 32.6 Å². The van der Waals surface area contributed by atoms with Crippen molar-refractivity contribution in [3.8, 4) is 0 Å². The molecule has 1 aliphatic carbocycles.